The summed E-state index contributed by atoms with van der Waals surface area (Å²) in [5.74, 6) is 0.427. The molecular formula is C25H26N2O2S. The van der Waals surface area contributed by atoms with Gasteiger partial charge in [0.25, 0.3) is 0 Å². The second-order valence-corrected chi connectivity index (χ2v) is 8.11. The molecule has 0 saturated heterocycles. The van der Waals surface area contributed by atoms with Crippen LogP contribution in [0.15, 0.2) is 84.9 Å². The van der Waals surface area contributed by atoms with Crippen molar-refractivity contribution < 1.29 is 9.59 Å². The lowest BCUT2D eigenvalue weighted by molar-refractivity contribution is -0.129. The van der Waals surface area contributed by atoms with Crippen LogP contribution in [-0.4, -0.2) is 28.2 Å². The number of aryl methyl sites for hydroxylation is 1. The lowest BCUT2D eigenvalue weighted by atomic mass is 10.1. The maximum absolute atomic E-state index is 12.9. The highest BCUT2D eigenvalue weighted by Gasteiger charge is 2.15. The summed E-state index contributed by atoms with van der Waals surface area (Å²) >= 11 is 1.34. The molecule has 30 heavy (non-hydrogen) atoms. The van der Waals surface area contributed by atoms with Gasteiger partial charge >= 0.3 is 0 Å². The Kier molecular flexibility index (Phi) is 8.10. The van der Waals surface area contributed by atoms with Gasteiger partial charge in [-0.25, -0.2) is 0 Å². The van der Waals surface area contributed by atoms with Gasteiger partial charge in [0, 0.05) is 18.8 Å². The molecule has 0 unspecified atom stereocenters. The molecule has 3 aromatic rings. The van der Waals surface area contributed by atoms with Crippen LogP contribution in [-0.2, 0) is 22.7 Å². The van der Waals surface area contributed by atoms with Gasteiger partial charge in [0.2, 0.25) is 11.8 Å². The van der Waals surface area contributed by atoms with E-state index in [9.17, 15) is 9.59 Å². The summed E-state index contributed by atoms with van der Waals surface area (Å²) in [5.41, 5.74) is 4.09. The SMILES string of the molecule is Cc1ccc(NC(=O)CSCC(=O)N(Cc2ccccc2)Cc2ccccc2)cc1. The van der Waals surface area contributed by atoms with Crippen LogP contribution in [0, 0.1) is 6.92 Å². The predicted octanol–water partition coefficient (Wildman–Crippen LogP) is 4.90. The highest BCUT2D eigenvalue weighted by molar-refractivity contribution is 8.00. The smallest absolute Gasteiger partial charge is 0.234 e. The zero-order valence-corrected chi connectivity index (χ0v) is 17.9. The monoisotopic (exact) mass is 418 g/mol. The first-order chi connectivity index (χ1) is 14.6. The van der Waals surface area contributed by atoms with E-state index in [1.807, 2.05) is 96.8 Å². The van der Waals surface area contributed by atoms with Gasteiger partial charge in [-0.1, -0.05) is 78.4 Å². The van der Waals surface area contributed by atoms with Crippen molar-refractivity contribution in [1.82, 2.24) is 4.90 Å². The van der Waals surface area contributed by atoms with E-state index >= 15 is 0 Å². The summed E-state index contributed by atoms with van der Waals surface area (Å²) in [6.45, 7) is 3.10. The molecule has 0 spiro atoms. The summed E-state index contributed by atoms with van der Waals surface area (Å²) in [4.78, 5) is 26.9. The van der Waals surface area contributed by atoms with Gasteiger partial charge in [0.15, 0.2) is 0 Å². The number of thioether (sulfide) groups is 1. The summed E-state index contributed by atoms with van der Waals surface area (Å²) in [5, 5.41) is 2.87. The van der Waals surface area contributed by atoms with Gasteiger partial charge in [-0.3, -0.25) is 9.59 Å². The Morgan fingerprint density at radius 1 is 0.767 bits per heavy atom. The Morgan fingerprint density at radius 2 is 1.30 bits per heavy atom. The van der Waals surface area contributed by atoms with Crippen molar-refractivity contribution in [3.05, 3.63) is 102 Å². The highest BCUT2D eigenvalue weighted by Crippen LogP contribution is 2.14. The number of carbonyl (C=O) groups is 2. The number of rotatable bonds is 9. The quantitative estimate of drug-likeness (QED) is 0.538. The molecule has 4 nitrogen and oxygen atoms in total. The first-order valence-corrected chi connectivity index (χ1v) is 11.1. The van der Waals surface area contributed by atoms with Crippen LogP contribution in [0.25, 0.3) is 0 Å². The van der Waals surface area contributed by atoms with Gasteiger partial charge in [-0.15, -0.1) is 11.8 Å². The summed E-state index contributed by atoms with van der Waals surface area (Å²) in [6, 6.07) is 27.6. The number of amides is 2. The fraction of sp³-hybridized carbons (Fsp3) is 0.200. The van der Waals surface area contributed by atoms with Crippen molar-refractivity contribution in [3.63, 3.8) is 0 Å². The van der Waals surface area contributed by atoms with Crippen LogP contribution in [0.4, 0.5) is 5.69 Å². The van der Waals surface area contributed by atoms with E-state index in [4.69, 9.17) is 0 Å². The molecule has 3 aromatic carbocycles. The topological polar surface area (TPSA) is 49.4 Å². The third-order valence-corrected chi connectivity index (χ3v) is 5.50. The van der Waals surface area contributed by atoms with Crippen LogP contribution in [0.1, 0.15) is 16.7 Å². The van der Waals surface area contributed by atoms with Crippen molar-refractivity contribution in [2.24, 2.45) is 0 Å². The number of hydrogen-bond acceptors (Lipinski definition) is 3. The molecule has 154 valence electrons. The van der Waals surface area contributed by atoms with Crippen LogP contribution < -0.4 is 5.32 Å². The molecule has 1 N–H and O–H groups in total. The van der Waals surface area contributed by atoms with E-state index in [1.54, 1.807) is 0 Å². The number of nitrogens with zero attached hydrogens (tertiary/aromatic N) is 1. The zero-order valence-electron chi connectivity index (χ0n) is 17.1. The van der Waals surface area contributed by atoms with Crippen molar-refractivity contribution in [2.45, 2.75) is 20.0 Å². The Hall–Kier alpha value is -3.05. The number of nitrogens with one attached hydrogen (secondary N) is 1. The summed E-state index contributed by atoms with van der Waals surface area (Å²) < 4.78 is 0. The molecule has 0 aromatic heterocycles. The summed E-state index contributed by atoms with van der Waals surface area (Å²) in [7, 11) is 0. The lowest BCUT2D eigenvalue weighted by Crippen LogP contribution is -2.32. The van der Waals surface area contributed by atoms with E-state index in [2.05, 4.69) is 5.32 Å². The van der Waals surface area contributed by atoms with E-state index in [-0.39, 0.29) is 23.3 Å². The van der Waals surface area contributed by atoms with E-state index in [0.29, 0.717) is 13.1 Å². The molecule has 0 radical (unpaired) electrons. The standard InChI is InChI=1S/C25H26N2O2S/c1-20-12-14-23(15-13-20)26-24(28)18-30-19-25(29)27(16-21-8-4-2-5-9-21)17-22-10-6-3-7-11-22/h2-15H,16-19H2,1H3,(H,26,28). The van der Waals surface area contributed by atoms with Crippen LogP contribution >= 0.6 is 11.8 Å². The third-order valence-electron chi connectivity index (χ3n) is 4.58. The Balaban J connectivity index is 1.54. The normalized spacial score (nSPS) is 10.4. The van der Waals surface area contributed by atoms with Crippen LogP contribution in [0.3, 0.4) is 0 Å². The minimum absolute atomic E-state index is 0.0239. The zero-order chi connectivity index (χ0) is 21.2. The molecule has 0 fully saturated rings. The molecule has 0 bridgehead atoms. The largest absolute Gasteiger partial charge is 0.333 e. The third kappa shape index (κ3) is 7.08. The summed E-state index contributed by atoms with van der Waals surface area (Å²) in [6.07, 6.45) is 0. The van der Waals surface area contributed by atoms with Gasteiger partial charge < -0.3 is 10.2 Å². The predicted molar refractivity (Wildman–Crippen MR) is 124 cm³/mol. The molecule has 0 aliphatic rings. The molecule has 0 aliphatic heterocycles. The van der Waals surface area contributed by atoms with Crippen molar-refractivity contribution in [1.29, 1.82) is 0 Å². The molecule has 2 amide bonds. The van der Waals surface area contributed by atoms with Gasteiger partial charge in [-0.2, -0.15) is 0 Å². The second kappa shape index (κ2) is 11.2. The first kappa shape index (κ1) is 21.7. The first-order valence-electron chi connectivity index (χ1n) is 9.90. The van der Waals surface area contributed by atoms with E-state index in [0.717, 1.165) is 22.4 Å². The average molecular weight is 419 g/mol. The fourth-order valence-electron chi connectivity index (χ4n) is 3.00. The molecule has 3 rings (SSSR count). The van der Waals surface area contributed by atoms with Crippen LogP contribution in [0.5, 0.6) is 0 Å². The second-order valence-electron chi connectivity index (χ2n) is 7.13. The molecule has 0 aliphatic carbocycles. The Bertz CT molecular complexity index is 902. The fourth-order valence-corrected chi connectivity index (χ4v) is 3.71. The van der Waals surface area contributed by atoms with Crippen LogP contribution in [0.2, 0.25) is 0 Å². The molecular weight excluding hydrogens is 392 g/mol. The van der Waals surface area contributed by atoms with Crippen molar-refractivity contribution in [2.75, 3.05) is 16.8 Å². The van der Waals surface area contributed by atoms with Gasteiger partial charge in [-0.05, 0) is 30.2 Å². The number of anilines is 1. The number of carbonyl (C=O) groups excluding carboxylic acids is 2. The Labute approximate surface area is 182 Å². The van der Waals surface area contributed by atoms with Crippen molar-refractivity contribution >= 4 is 29.3 Å². The maximum atomic E-state index is 12.9. The molecule has 5 heteroatoms. The Morgan fingerprint density at radius 3 is 1.83 bits per heavy atom. The van der Waals surface area contributed by atoms with Gasteiger partial charge in [0.1, 0.15) is 0 Å². The molecule has 0 heterocycles. The van der Waals surface area contributed by atoms with Crippen molar-refractivity contribution in [3.8, 4) is 0 Å². The minimum atomic E-state index is -0.102. The lowest BCUT2D eigenvalue weighted by Gasteiger charge is -2.23. The van der Waals surface area contributed by atoms with Gasteiger partial charge in [0.05, 0.1) is 11.5 Å². The number of benzene rings is 3. The van der Waals surface area contributed by atoms with E-state index in [1.165, 1.54) is 11.8 Å². The minimum Gasteiger partial charge on any atom is -0.333 e. The maximum Gasteiger partial charge on any atom is 0.234 e. The molecule has 0 saturated carbocycles. The average Bonchev–Trinajstić information content (AvgIpc) is 2.76. The number of hydrogen-bond donors (Lipinski definition) is 1. The van der Waals surface area contributed by atoms with E-state index < -0.39 is 0 Å². The molecule has 0 atom stereocenters. The highest BCUT2D eigenvalue weighted by atomic mass is 32.2.